The number of nitrogens with one attached hydrogen (secondary N) is 1. The van der Waals surface area contributed by atoms with Crippen LogP contribution in [0.2, 0.25) is 0 Å². The van der Waals surface area contributed by atoms with Crippen molar-refractivity contribution < 1.29 is 8.81 Å². The third-order valence-corrected chi connectivity index (χ3v) is 2.76. The quantitative estimate of drug-likeness (QED) is 0.852. The highest BCUT2D eigenvalue weighted by Gasteiger charge is 2.10. The molecular formula is C14H16FNO. The van der Waals surface area contributed by atoms with Crippen LogP contribution < -0.4 is 5.32 Å². The Kier molecular flexibility index (Phi) is 3.94. The van der Waals surface area contributed by atoms with Crippen molar-refractivity contribution in [3.05, 3.63) is 59.8 Å². The molecule has 0 saturated heterocycles. The zero-order chi connectivity index (χ0) is 12.1. The van der Waals surface area contributed by atoms with Gasteiger partial charge >= 0.3 is 0 Å². The molecule has 0 aliphatic carbocycles. The maximum atomic E-state index is 12.7. The largest absolute Gasteiger partial charge is 0.468 e. The molecule has 0 aliphatic heterocycles. The van der Waals surface area contributed by atoms with Crippen LogP contribution in [0.25, 0.3) is 0 Å². The van der Waals surface area contributed by atoms with Gasteiger partial charge in [0, 0.05) is 6.54 Å². The smallest absolute Gasteiger partial charge is 0.123 e. The van der Waals surface area contributed by atoms with Crippen LogP contribution in [0, 0.1) is 5.82 Å². The summed E-state index contributed by atoms with van der Waals surface area (Å²) in [5.74, 6) is 0.737. The monoisotopic (exact) mass is 233 g/mol. The number of halogens is 1. The number of furan rings is 1. The summed E-state index contributed by atoms with van der Waals surface area (Å²) < 4.78 is 18.1. The van der Waals surface area contributed by atoms with Crippen molar-refractivity contribution in [3.8, 4) is 0 Å². The summed E-state index contributed by atoms with van der Waals surface area (Å²) in [6.45, 7) is 2.81. The Morgan fingerprint density at radius 2 is 2.00 bits per heavy atom. The van der Waals surface area contributed by atoms with Crippen LogP contribution in [-0.2, 0) is 6.54 Å². The van der Waals surface area contributed by atoms with Crippen LogP contribution >= 0.6 is 0 Å². The second-order valence-corrected chi connectivity index (χ2v) is 3.98. The molecule has 1 N–H and O–H groups in total. The Morgan fingerprint density at radius 1 is 1.24 bits per heavy atom. The minimum atomic E-state index is -0.202. The number of rotatable bonds is 5. The molecule has 17 heavy (non-hydrogen) atoms. The van der Waals surface area contributed by atoms with Gasteiger partial charge in [-0.1, -0.05) is 19.1 Å². The molecule has 90 valence electrons. The molecule has 1 aromatic heterocycles. The molecule has 1 aromatic carbocycles. The molecule has 1 atom stereocenters. The fourth-order valence-corrected chi connectivity index (χ4v) is 1.78. The van der Waals surface area contributed by atoms with Crippen molar-refractivity contribution in [2.45, 2.75) is 25.9 Å². The van der Waals surface area contributed by atoms with E-state index in [1.165, 1.54) is 12.1 Å². The van der Waals surface area contributed by atoms with Gasteiger partial charge in [0.2, 0.25) is 0 Å². The lowest BCUT2D eigenvalue weighted by Crippen LogP contribution is -2.19. The summed E-state index contributed by atoms with van der Waals surface area (Å²) in [6.07, 6.45) is 2.63. The van der Waals surface area contributed by atoms with Gasteiger partial charge in [-0.05, 0) is 36.2 Å². The Bertz CT molecular complexity index is 436. The van der Waals surface area contributed by atoms with E-state index < -0.39 is 0 Å². The lowest BCUT2D eigenvalue weighted by Gasteiger charge is -2.14. The lowest BCUT2D eigenvalue weighted by molar-refractivity contribution is 0.403. The highest BCUT2D eigenvalue weighted by molar-refractivity contribution is 5.16. The summed E-state index contributed by atoms with van der Waals surface area (Å²) in [5, 5.41) is 3.39. The van der Waals surface area contributed by atoms with Gasteiger partial charge in [-0.25, -0.2) is 4.39 Å². The first-order valence-electron chi connectivity index (χ1n) is 5.81. The van der Waals surface area contributed by atoms with Gasteiger partial charge in [-0.3, -0.25) is 0 Å². The van der Waals surface area contributed by atoms with E-state index in [0.717, 1.165) is 17.7 Å². The first-order chi connectivity index (χ1) is 8.29. The van der Waals surface area contributed by atoms with Crippen LogP contribution in [0.5, 0.6) is 0 Å². The average Bonchev–Trinajstić information content (AvgIpc) is 2.86. The van der Waals surface area contributed by atoms with Crippen LogP contribution in [-0.4, -0.2) is 0 Å². The fraction of sp³-hybridized carbons (Fsp3) is 0.286. The third-order valence-electron chi connectivity index (χ3n) is 2.76. The number of benzene rings is 1. The zero-order valence-corrected chi connectivity index (χ0v) is 9.82. The minimum Gasteiger partial charge on any atom is -0.468 e. The van der Waals surface area contributed by atoms with Crippen LogP contribution in [0.4, 0.5) is 4.39 Å². The van der Waals surface area contributed by atoms with Gasteiger partial charge in [0.25, 0.3) is 0 Å². The van der Waals surface area contributed by atoms with E-state index in [1.54, 1.807) is 18.4 Å². The number of hydrogen-bond donors (Lipinski definition) is 1. The van der Waals surface area contributed by atoms with Crippen molar-refractivity contribution in [1.29, 1.82) is 0 Å². The molecule has 2 rings (SSSR count). The fourth-order valence-electron chi connectivity index (χ4n) is 1.78. The van der Waals surface area contributed by atoms with Crippen LogP contribution in [0.15, 0.2) is 47.1 Å². The topological polar surface area (TPSA) is 25.2 Å². The summed E-state index contributed by atoms with van der Waals surface area (Å²) in [6, 6.07) is 10.6. The maximum absolute atomic E-state index is 12.7. The average molecular weight is 233 g/mol. The molecule has 0 amide bonds. The molecule has 0 radical (unpaired) electrons. The van der Waals surface area contributed by atoms with Crippen molar-refractivity contribution in [2.75, 3.05) is 0 Å². The maximum Gasteiger partial charge on any atom is 0.123 e. The van der Waals surface area contributed by atoms with Gasteiger partial charge in [0.1, 0.15) is 11.6 Å². The molecule has 3 heteroatoms. The van der Waals surface area contributed by atoms with Gasteiger partial charge in [0.15, 0.2) is 0 Å². The van der Waals surface area contributed by atoms with Crippen molar-refractivity contribution in [1.82, 2.24) is 5.32 Å². The molecule has 0 bridgehead atoms. The third kappa shape index (κ3) is 3.17. The Hall–Kier alpha value is -1.61. The van der Waals surface area contributed by atoms with E-state index in [4.69, 9.17) is 4.42 Å². The number of hydrogen-bond acceptors (Lipinski definition) is 2. The Labute approximate surface area is 100 Å². The van der Waals surface area contributed by atoms with Gasteiger partial charge in [0.05, 0.1) is 12.3 Å². The molecular weight excluding hydrogens is 217 g/mol. The Morgan fingerprint density at radius 3 is 2.59 bits per heavy atom. The van der Waals surface area contributed by atoms with E-state index in [0.29, 0.717) is 6.54 Å². The van der Waals surface area contributed by atoms with E-state index in [2.05, 4.69) is 12.2 Å². The summed E-state index contributed by atoms with van der Waals surface area (Å²) >= 11 is 0. The highest BCUT2D eigenvalue weighted by Crippen LogP contribution is 2.17. The second kappa shape index (κ2) is 5.64. The summed E-state index contributed by atoms with van der Waals surface area (Å²) in [5.41, 5.74) is 1.07. The van der Waals surface area contributed by atoms with Crippen molar-refractivity contribution >= 4 is 0 Å². The predicted molar refractivity (Wildman–Crippen MR) is 65.0 cm³/mol. The first-order valence-corrected chi connectivity index (χ1v) is 5.81. The van der Waals surface area contributed by atoms with Crippen molar-refractivity contribution in [3.63, 3.8) is 0 Å². The SMILES string of the molecule is CCC(NCc1ccc(F)cc1)c1ccco1. The predicted octanol–water partition coefficient (Wildman–Crippen LogP) is 3.66. The molecule has 1 heterocycles. The zero-order valence-electron chi connectivity index (χ0n) is 9.82. The van der Waals surface area contributed by atoms with Gasteiger partial charge in [-0.15, -0.1) is 0 Å². The molecule has 0 fully saturated rings. The molecule has 1 unspecified atom stereocenters. The standard InChI is InChI=1S/C14H16FNO/c1-2-13(14-4-3-9-17-14)16-10-11-5-7-12(15)8-6-11/h3-9,13,16H,2,10H2,1H3. The van der Waals surface area contributed by atoms with Gasteiger partial charge < -0.3 is 9.73 Å². The van der Waals surface area contributed by atoms with Crippen LogP contribution in [0.1, 0.15) is 30.7 Å². The Balaban J connectivity index is 1.94. The minimum absolute atomic E-state index is 0.202. The second-order valence-electron chi connectivity index (χ2n) is 3.98. The van der Waals surface area contributed by atoms with Gasteiger partial charge in [-0.2, -0.15) is 0 Å². The molecule has 0 saturated carbocycles. The first kappa shape index (κ1) is 11.9. The van der Waals surface area contributed by atoms with Crippen LogP contribution in [0.3, 0.4) is 0 Å². The normalized spacial score (nSPS) is 12.6. The van der Waals surface area contributed by atoms with E-state index >= 15 is 0 Å². The summed E-state index contributed by atoms with van der Waals surface area (Å²) in [7, 11) is 0. The van der Waals surface area contributed by atoms with Crippen molar-refractivity contribution in [2.24, 2.45) is 0 Å². The molecule has 0 aliphatic rings. The highest BCUT2D eigenvalue weighted by atomic mass is 19.1. The lowest BCUT2D eigenvalue weighted by atomic mass is 10.1. The molecule has 2 aromatic rings. The molecule has 0 spiro atoms. The van der Waals surface area contributed by atoms with E-state index in [1.807, 2.05) is 12.1 Å². The van der Waals surface area contributed by atoms with E-state index in [-0.39, 0.29) is 11.9 Å². The summed E-state index contributed by atoms with van der Waals surface area (Å²) in [4.78, 5) is 0. The molecule has 2 nitrogen and oxygen atoms in total. The van der Waals surface area contributed by atoms with E-state index in [9.17, 15) is 4.39 Å².